The minimum absolute atomic E-state index is 0.161. The van der Waals surface area contributed by atoms with Crippen LogP contribution in [0.5, 0.6) is 0 Å². The number of likely N-dealkylation sites (tertiary alicyclic amines) is 1. The molecule has 0 aromatic rings. The maximum absolute atomic E-state index is 5.95. The smallest absolute Gasteiger partial charge is 0.158 e. The first kappa shape index (κ1) is 16.1. The second-order valence-electron chi connectivity index (χ2n) is 5.61. The van der Waals surface area contributed by atoms with Crippen molar-refractivity contribution >= 4 is 0 Å². The van der Waals surface area contributed by atoms with Crippen LogP contribution in [0.1, 0.15) is 12.8 Å². The fourth-order valence-electron chi connectivity index (χ4n) is 3.25. The van der Waals surface area contributed by atoms with Crippen LogP contribution in [0.4, 0.5) is 0 Å². The monoisotopic (exact) mass is 287 g/mol. The average Bonchev–Trinajstić information content (AvgIpc) is 2.99. The van der Waals surface area contributed by atoms with Gasteiger partial charge < -0.3 is 19.9 Å². The summed E-state index contributed by atoms with van der Waals surface area (Å²) >= 11 is 0. The third kappa shape index (κ3) is 4.13. The summed E-state index contributed by atoms with van der Waals surface area (Å²) in [5, 5.41) is 0. The minimum Gasteiger partial charge on any atom is -0.379 e. The lowest BCUT2D eigenvalue weighted by molar-refractivity contribution is -0.116. The highest BCUT2D eigenvalue weighted by Gasteiger charge is 2.32. The Hall–Kier alpha value is -0.240. The number of methoxy groups -OCH3 is 2. The molecule has 0 saturated carbocycles. The van der Waals surface area contributed by atoms with Gasteiger partial charge in [0.05, 0.1) is 13.2 Å². The first-order valence-corrected chi connectivity index (χ1v) is 7.60. The Balaban J connectivity index is 1.82. The predicted octanol–water partition coefficient (Wildman–Crippen LogP) is -0.271. The van der Waals surface area contributed by atoms with Gasteiger partial charge in [-0.3, -0.25) is 9.80 Å². The highest BCUT2D eigenvalue weighted by molar-refractivity contribution is 4.88. The molecule has 2 atom stereocenters. The van der Waals surface area contributed by atoms with Gasteiger partial charge in [0, 0.05) is 65.4 Å². The molecular formula is C14H29N3O3. The van der Waals surface area contributed by atoms with E-state index in [2.05, 4.69) is 9.80 Å². The topological polar surface area (TPSA) is 60.2 Å². The summed E-state index contributed by atoms with van der Waals surface area (Å²) in [6.07, 6.45) is 1.89. The van der Waals surface area contributed by atoms with Gasteiger partial charge >= 0.3 is 0 Å². The van der Waals surface area contributed by atoms with E-state index >= 15 is 0 Å². The van der Waals surface area contributed by atoms with E-state index in [-0.39, 0.29) is 6.29 Å². The van der Waals surface area contributed by atoms with Gasteiger partial charge in [0.1, 0.15) is 0 Å². The van der Waals surface area contributed by atoms with Crippen molar-refractivity contribution in [1.29, 1.82) is 0 Å². The zero-order chi connectivity index (χ0) is 14.4. The molecule has 0 spiro atoms. The van der Waals surface area contributed by atoms with Gasteiger partial charge in [-0.15, -0.1) is 0 Å². The molecule has 2 aliphatic rings. The molecule has 2 rings (SSSR count). The van der Waals surface area contributed by atoms with Gasteiger partial charge in [-0.1, -0.05) is 0 Å². The van der Waals surface area contributed by atoms with Crippen LogP contribution in [0.15, 0.2) is 0 Å². The van der Waals surface area contributed by atoms with Crippen molar-refractivity contribution in [1.82, 2.24) is 9.80 Å². The van der Waals surface area contributed by atoms with Gasteiger partial charge in [0.25, 0.3) is 0 Å². The fourth-order valence-corrected chi connectivity index (χ4v) is 3.25. The number of ether oxygens (including phenoxy) is 3. The van der Waals surface area contributed by atoms with Crippen LogP contribution < -0.4 is 5.73 Å². The second-order valence-corrected chi connectivity index (χ2v) is 5.61. The molecule has 6 nitrogen and oxygen atoms in total. The Morgan fingerprint density at radius 2 is 1.90 bits per heavy atom. The van der Waals surface area contributed by atoms with Crippen LogP contribution >= 0.6 is 0 Å². The number of nitrogens with zero attached hydrogens (tertiary/aromatic N) is 2. The van der Waals surface area contributed by atoms with E-state index in [0.717, 1.165) is 45.8 Å². The summed E-state index contributed by atoms with van der Waals surface area (Å²) in [6, 6.07) is 0.988. The molecule has 0 radical (unpaired) electrons. The number of rotatable bonds is 7. The van der Waals surface area contributed by atoms with Crippen molar-refractivity contribution < 1.29 is 14.2 Å². The Labute approximate surface area is 122 Å². The largest absolute Gasteiger partial charge is 0.379 e. The van der Waals surface area contributed by atoms with E-state index in [1.165, 1.54) is 6.42 Å². The molecule has 20 heavy (non-hydrogen) atoms. The molecule has 2 fully saturated rings. The number of nitrogens with two attached hydrogens (primary N) is 1. The standard InChI is InChI=1S/C14H29N3O3/c1-18-14(19-2)9-13(10-15)17-4-3-12(11-17)16-5-7-20-8-6-16/h12-14H,3-11,15H2,1-2H3. The quantitative estimate of drug-likeness (QED) is 0.651. The van der Waals surface area contributed by atoms with Crippen molar-refractivity contribution in [2.45, 2.75) is 31.2 Å². The second kappa shape index (κ2) is 8.26. The molecule has 6 heteroatoms. The van der Waals surface area contributed by atoms with Gasteiger partial charge in [-0.05, 0) is 6.42 Å². The predicted molar refractivity (Wildman–Crippen MR) is 77.6 cm³/mol. The van der Waals surface area contributed by atoms with E-state index in [1.807, 2.05) is 0 Å². The maximum atomic E-state index is 5.95. The molecule has 0 aromatic heterocycles. The molecule has 0 bridgehead atoms. The normalized spacial score (nSPS) is 27.3. The molecule has 0 amide bonds. The molecule has 2 unspecified atom stereocenters. The van der Waals surface area contributed by atoms with Gasteiger partial charge in [-0.25, -0.2) is 0 Å². The molecule has 0 aromatic carbocycles. The summed E-state index contributed by atoms with van der Waals surface area (Å²) in [5.74, 6) is 0. The van der Waals surface area contributed by atoms with Gasteiger partial charge in [-0.2, -0.15) is 0 Å². The summed E-state index contributed by atoms with van der Waals surface area (Å²) in [6.45, 7) is 6.72. The molecule has 118 valence electrons. The molecule has 0 aliphatic carbocycles. The van der Waals surface area contributed by atoms with Gasteiger partial charge in [0.2, 0.25) is 0 Å². The lowest BCUT2D eigenvalue weighted by Gasteiger charge is -2.33. The summed E-state index contributed by atoms with van der Waals surface area (Å²) in [5.41, 5.74) is 5.95. The minimum atomic E-state index is -0.161. The SMILES string of the molecule is COC(CC(CN)N1CCC(N2CCOCC2)C1)OC. The number of hydrogen-bond donors (Lipinski definition) is 1. The van der Waals surface area contributed by atoms with Crippen LogP contribution in [-0.4, -0.2) is 88.3 Å². The summed E-state index contributed by atoms with van der Waals surface area (Å²) < 4.78 is 16.0. The first-order valence-electron chi connectivity index (χ1n) is 7.60. The van der Waals surface area contributed by atoms with Crippen molar-refractivity contribution in [3.63, 3.8) is 0 Å². The van der Waals surface area contributed by atoms with Crippen LogP contribution in [0.3, 0.4) is 0 Å². The van der Waals surface area contributed by atoms with E-state index in [4.69, 9.17) is 19.9 Å². The average molecular weight is 287 g/mol. The molecule has 2 heterocycles. The Kier molecular flexibility index (Phi) is 6.67. The lowest BCUT2D eigenvalue weighted by atomic mass is 10.1. The van der Waals surface area contributed by atoms with E-state index in [1.54, 1.807) is 14.2 Å². The summed E-state index contributed by atoms with van der Waals surface area (Å²) in [4.78, 5) is 5.05. The van der Waals surface area contributed by atoms with Crippen molar-refractivity contribution in [3.8, 4) is 0 Å². The Bertz CT molecular complexity index is 270. The molecular weight excluding hydrogens is 258 g/mol. The van der Waals surface area contributed by atoms with E-state index in [0.29, 0.717) is 18.6 Å². The van der Waals surface area contributed by atoms with Crippen molar-refractivity contribution in [2.75, 3.05) is 60.2 Å². The van der Waals surface area contributed by atoms with E-state index < -0.39 is 0 Å². The third-order valence-electron chi connectivity index (χ3n) is 4.54. The number of morpholine rings is 1. The summed E-state index contributed by atoms with van der Waals surface area (Å²) in [7, 11) is 3.37. The fraction of sp³-hybridized carbons (Fsp3) is 1.00. The van der Waals surface area contributed by atoms with Crippen LogP contribution in [0.2, 0.25) is 0 Å². The first-order chi connectivity index (χ1) is 9.78. The molecule has 2 saturated heterocycles. The lowest BCUT2D eigenvalue weighted by Crippen LogP contribution is -2.47. The van der Waals surface area contributed by atoms with E-state index in [9.17, 15) is 0 Å². The van der Waals surface area contributed by atoms with Crippen LogP contribution in [0.25, 0.3) is 0 Å². The third-order valence-corrected chi connectivity index (χ3v) is 4.54. The van der Waals surface area contributed by atoms with Crippen LogP contribution in [0, 0.1) is 0 Å². The van der Waals surface area contributed by atoms with Crippen molar-refractivity contribution in [3.05, 3.63) is 0 Å². The highest BCUT2D eigenvalue weighted by atomic mass is 16.7. The number of hydrogen-bond acceptors (Lipinski definition) is 6. The van der Waals surface area contributed by atoms with Gasteiger partial charge in [0.15, 0.2) is 6.29 Å². The maximum Gasteiger partial charge on any atom is 0.158 e. The Morgan fingerprint density at radius 3 is 2.50 bits per heavy atom. The van der Waals surface area contributed by atoms with Crippen LogP contribution in [-0.2, 0) is 14.2 Å². The van der Waals surface area contributed by atoms with Crippen molar-refractivity contribution in [2.24, 2.45) is 5.73 Å². The Morgan fingerprint density at radius 1 is 1.20 bits per heavy atom. The molecule has 2 N–H and O–H groups in total. The zero-order valence-corrected chi connectivity index (χ0v) is 12.8. The zero-order valence-electron chi connectivity index (χ0n) is 12.8. The highest BCUT2D eigenvalue weighted by Crippen LogP contribution is 2.21. The molecule has 2 aliphatic heterocycles.